The maximum Gasteiger partial charge on any atom is 0.416 e. The number of benzene rings is 1. The third-order valence-corrected chi connectivity index (χ3v) is 5.43. The Hall–Kier alpha value is -4.19. The van der Waals surface area contributed by atoms with Gasteiger partial charge in [-0.05, 0) is 45.3 Å². The number of allylic oxidation sites excluding steroid dienone is 5. The average Bonchev–Trinajstić information content (AvgIpc) is 3.49. The lowest BCUT2D eigenvalue weighted by molar-refractivity contribution is -0.0881. The Labute approximate surface area is 218 Å². The Bertz CT molecular complexity index is 1340. The van der Waals surface area contributed by atoms with Gasteiger partial charge in [-0.15, -0.1) is 0 Å². The molecule has 0 atom stereocenters. The summed E-state index contributed by atoms with van der Waals surface area (Å²) in [5.74, 6) is 0.509. The minimum atomic E-state index is -4.50. The molecule has 0 saturated carbocycles. The molecule has 0 aliphatic heterocycles. The molecule has 0 fully saturated rings. The van der Waals surface area contributed by atoms with Gasteiger partial charge in [0, 0.05) is 31.3 Å². The van der Waals surface area contributed by atoms with Gasteiger partial charge >= 0.3 is 6.18 Å². The molecule has 0 aliphatic carbocycles. The minimum Gasteiger partial charge on any atom is -0.492 e. The van der Waals surface area contributed by atoms with E-state index >= 15 is 0 Å². The Morgan fingerprint density at radius 1 is 1.29 bits per heavy atom. The van der Waals surface area contributed by atoms with Gasteiger partial charge in [0.05, 0.1) is 28.8 Å². The normalized spacial score (nSPS) is 12.6. The fourth-order valence-corrected chi connectivity index (χ4v) is 3.27. The predicted octanol–water partition coefficient (Wildman–Crippen LogP) is 4.52. The molecule has 3 rings (SSSR count). The highest BCUT2D eigenvalue weighted by atomic mass is 19.4. The van der Waals surface area contributed by atoms with Crippen molar-refractivity contribution in [1.29, 1.82) is 0 Å². The summed E-state index contributed by atoms with van der Waals surface area (Å²) in [6.45, 7) is 5.95. The summed E-state index contributed by atoms with van der Waals surface area (Å²) < 4.78 is 51.2. The van der Waals surface area contributed by atoms with Crippen LogP contribution in [0, 0.1) is 0 Å². The van der Waals surface area contributed by atoms with Gasteiger partial charge in [0.1, 0.15) is 6.61 Å². The van der Waals surface area contributed by atoms with Crippen molar-refractivity contribution in [1.82, 2.24) is 30.1 Å². The third-order valence-electron chi connectivity index (χ3n) is 5.43. The van der Waals surface area contributed by atoms with Gasteiger partial charge < -0.3 is 19.5 Å². The van der Waals surface area contributed by atoms with Crippen molar-refractivity contribution in [3.8, 4) is 22.8 Å². The molecule has 9 nitrogen and oxygen atoms in total. The number of hydrogen-bond donors (Lipinski definition) is 1. The second kappa shape index (κ2) is 12.4. The summed E-state index contributed by atoms with van der Waals surface area (Å²) >= 11 is 0. The van der Waals surface area contributed by atoms with Crippen LogP contribution in [-0.4, -0.2) is 64.1 Å². The highest BCUT2D eigenvalue weighted by Crippen LogP contribution is 2.28. The molecule has 0 bridgehead atoms. The lowest BCUT2D eigenvalue weighted by Gasteiger charge is -2.10. The van der Waals surface area contributed by atoms with E-state index in [0.29, 0.717) is 35.5 Å². The van der Waals surface area contributed by atoms with Gasteiger partial charge in [-0.1, -0.05) is 29.9 Å². The van der Waals surface area contributed by atoms with Crippen molar-refractivity contribution in [2.45, 2.75) is 19.7 Å². The van der Waals surface area contributed by atoms with Crippen molar-refractivity contribution >= 4 is 5.91 Å². The molecule has 0 unspecified atom stereocenters. The van der Waals surface area contributed by atoms with Crippen LogP contribution in [0.15, 0.2) is 71.1 Å². The Balaban J connectivity index is 1.75. The lowest BCUT2D eigenvalue weighted by Crippen LogP contribution is -2.31. The highest BCUT2D eigenvalue weighted by Gasteiger charge is 2.30. The molecule has 1 aromatic carbocycles. The van der Waals surface area contributed by atoms with Crippen molar-refractivity contribution in [2.24, 2.45) is 7.05 Å². The molecule has 2 heterocycles. The van der Waals surface area contributed by atoms with Crippen LogP contribution >= 0.6 is 0 Å². The Kier molecular flexibility index (Phi) is 9.24. The number of hydrogen-bond acceptors (Lipinski definition) is 7. The molecular weight excluding hydrogens is 501 g/mol. The average molecular weight is 531 g/mol. The summed E-state index contributed by atoms with van der Waals surface area (Å²) in [5, 5.41) is 11.1. The van der Waals surface area contributed by atoms with Gasteiger partial charge in [-0.2, -0.15) is 23.3 Å². The smallest absolute Gasteiger partial charge is 0.416 e. The van der Waals surface area contributed by atoms with E-state index in [-0.39, 0.29) is 30.0 Å². The van der Waals surface area contributed by atoms with E-state index in [1.54, 1.807) is 36.0 Å². The molecule has 1 N–H and O–H groups in total. The molecule has 0 aliphatic rings. The van der Waals surface area contributed by atoms with E-state index in [9.17, 15) is 18.0 Å². The van der Waals surface area contributed by atoms with Crippen LogP contribution in [0.25, 0.3) is 22.8 Å². The van der Waals surface area contributed by atoms with Crippen LogP contribution < -0.4 is 5.32 Å². The van der Waals surface area contributed by atoms with Crippen molar-refractivity contribution in [3.05, 3.63) is 77.9 Å². The second-order valence-electron chi connectivity index (χ2n) is 8.58. The first-order valence-corrected chi connectivity index (χ1v) is 11.6. The van der Waals surface area contributed by atoms with Gasteiger partial charge in [-0.25, -0.2) is 0 Å². The topological polar surface area (TPSA) is 98.3 Å². The van der Waals surface area contributed by atoms with Crippen molar-refractivity contribution in [3.63, 3.8) is 0 Å². The summed E-state index contributed by atoms with van der Waals surface area (Å²) in [5.41, 5.74) is 1.26. The molecule has 1 amide bonds. The molecule has 2 aromatic heterocycles. The van der Waals surface area contributed by atoms with Crippen molar-refractivity contribution < 1.29 is 27.2 Å². The number of ether oxygens (including phenoxy) is 1. The van der Waals surface area contributed by atoms with E-state index in [4.69, 9.17) is 9.26 Å². The number of halogens is 3. The number of carbonyl (C=O) groups excluding carboxylic acids is 1. The zero-order valence-corrected chi connectivity index (χ0v) is 21.5. The van der Waals surface area contributed by atoms with Crippen LogP contribution in [0.3, 0.4) is 0 Å². The molecule has 202 valence electrons. The summed E-state index contributed by atoms with van der Waals surface area (Å²) in [6, 6.07) is 6.87. The quantitative estimate of drug-likeness (QED) is 0.287. The number of carbonyl (C=O) groups is 1. The second-order valence-corrected chi connectivity index (χ2v) is 8.58. The Morgan fingerprint density at radius 2 is 2.05 bits per heavy atom. The lowest BCUT2D eigenvalue weighted by atomic mass is 10.1. The summed E-state index contributed by atoms with van der Waals surface area (Å²) in [4.78, 5) is 18.9. The first kappa shape index (κ1) is 28.4. The maximum atomic E-state index is 12.9. The molecule has 0 saturated heterocycles. The first-order valence-electron chi connectivity index (χ1n) is 11.6. The number of amides is 1. The van der Waals surface area contributed by atoms with Crippen LogP contribution in [0.2, 0.25) is 0 Å². The molecule has 0 spiro atoms. The molecule has 0 radical (unpaired) electrons. The zero-order chi connectivity index (χ0) is 27.9. The largest absolute Gasteiger partial charge is 0.492 e. The molecular formula is C26H29F3N6O3. The van der Waals surface area contributed by atoms with Crippen LogP contribution in [0.5, 0.6) is 0 Å². The predicted molar refractivity (Wildman–Crippen MR) is 136 cm³/mol. The van der Waals surface area contributed by atoms with Crippen LogP contribution in [0.1, 0.15) is 23.0 Å². The molecule has 12 heteroatoms. The number of nitrogens with zero attached hydrogens (tertiary/aromatic N) is 5. The number of aromatic nitrogens is 4. The summed E-state index contributed by atoms with van der Waals surface area (Å²) in [7, 11) is 5.54. The SMILES string of the molecule is C=C/C(=C\C=C(/C)OCc1c(-c2nc(-c3cccc(C(=O)NCCN(C)C)c3)no2)cnn1C)C(F)(F)F. The van der Waals surface area contributed by atoms with Gasteiger partial charge in [-0.3, -0.25) is 9.48 Å². The van der Waals surface area contributed by atoms with E-state index < -0.39 is 11.7 Å². The van der Waals surface area contributed by atoms with Crippen LogP contribution in [-0.2, 0) is 18.4 Å². The van der Waals surface area contributed by atoms with E-state index in [1.165, 1.54) is 19.2 Å². The number of rotatable bonds is 11. The zero-order valence-electron chi connectivity index (χ0n) is 21.5. The molecule has 3 aromatic rings. The number of likely N-dealkylation sites (N-methyl/N-ethyl adjacent to an activating group) is 1. The van der Waals surface area contributed by atoms with E-state index in [2.05, 4.69) is 27.1 Å². The van der Waals surface area contributed by atoms with Gasteiger partial charge in [0.25, 0.3) is 11.8 Å². The fourth-order valence-electron chi connectivity index (χ4n) is 3.27. The highest BCUT2D eigenvalue weighted by molar-refractivity contribution is 5.95. The number of alkyl halides is 3. The number of nitrogens with one attached hydrogen (secondary N) is 1. The fraction of sp³-hybridized carbons (Fsp3) is 0.308. The molecule has 38 heavy (non-hydrogen) atoms. The summed E-state index contributed by atoms with van der Waals surface area (Å²) in [6.07, 6.45) is -0.117. The monoisotopic (exact) mass is 530 g/mol. The minimum absolute atomic E-state index is 0.00222. The standard InChI is InChI=1S/C26H29F3N6O3/c1-6-20(26(27,28)29)11-10-17(2)37-16-22-21(15-31-35(22)5)25-32-23(33-38-25)18-8-7-9-19(14-18)24(36)30-12-13-34(3)4/h6-11,14-15H,1,12-13,16H2,2-5H3,(H,30,36)/b17-10+,20-11+. The Morgan fingerprint density at radius 3 is 2.74 bits per heavy atom. The van der Waals surface area contributed by atoms with Gasteiger partial charge in [0.15, 0.2) is 0 Å². The van der Waals surface area contributed by atoms with E-state index in [1.807, 2.05) is 19.0 Å². The van der Waals surface area contributed by atoms with Gasteiger partial charge in [0.2, 0.25) is 5.82 Å². The first-order chi connectivity index (χ1) is 18.0. The van der Waals surface area contributed by atoms with E-state index in [0.717, 1.165) is 12.2 Å². The third kappa shape index (κ3) is 7.42. The van der Waals surface area contributed by atoms with Crippen molar-refractivity contribution in [2.75, 3.05) is 27.2 Å². The maximum absolute atomic E-state index is 12.9. The van der Waals surface area contributed by atoms with Crippen LogP contribution in [0.4, 0.5) is 13.2 Å². The number of aryl methyl sites for hydroxylation is 1.